The Bertz CT molecular complexity index is 1360. The normalized spacial score (nSPS) is 12.3. The third kappa shape index (κ3) is 3.24. The molecule has 4 rings (SSSR count). The standard InChI is InChI=1S/C22H21IN4O3/c1-12-9-15(13(2)25-17-8-6-5-7-14(17)22(29)30-4)18-16(10-12)21(28)26(3)20-19(23)24-11-27(18)20/h5-11,13,25H,1-4H3. The number of carbonyl (C=O) groups is 1. The average Bonchev–Trinajstić information content (AvgIpc) is 3.12. The second kappa shape index (κ2) is 7.75. The molecule has 0 aliphatic rings. The number of esters is 1. The van der Waals surface area contributed by atoms with Crippen LogP contribution in [-0.2, 0) is 11.8 Å². The highest BCUT2D eigenvalue weighted by Gasteiger charge is 2.20. The van der Waals surface area contributed by atoms with Gasteiger partial charge in [0.15, 0.2) is 5.65 Å². The zero-order chi connectivity index (χ0) is 21.6. The van der Waals surface area contributed by atoms with Crippen LogP contribution in [-0.4, -0.2) is 27.0 Å². The Morgan fingerprint density at radius 2 is 2.00 bits per heavy atom. The molecule has 8 heteroatoms. The number of benzene rings is 2. The highest BCUT2D eigenvalue weighted by Crippen LogP contribution is 2.30. The molecule has 0 spiro atoms. The van der Waals surface area contributed by atoms with Gasteiger partial charge in [0.1, 0.15) is 10.0 Å². The highest BCUT2D eigenvalue weighted by atomic mass is 127. The van der Waals surface area contributed by atoms with Crippen molar-refractivity contribution in [2.75, 3.05) is 12.4 Å². The van der Waals surface area contributed by atoms with Crippen molar-refractivity contribution in [3.05, 3.63) is 73.5 Å². The van der Waals surface area contributed by atoms with Gasteiger partial charge in [-0.2, -0.15) is 0 Å². The fourth-order valence-electron chi connectivity index (χ4n) is 3.84. The molecule has 1 N–H and O–H groups in total. The van der Waals surface area contributed by atoms with Gasteiger partial charge in [-0.15, -0.1) is 0 Å². The van der Waals surface area contributed by atoms with Gasteiger partial charge in [0.05, 0.1) is 29.6 Å². The second-order valence-electron chi connectivity index (χ2n) is 7.25. The van der Waals surface area contributed by atoms with Crippen molar-refractivity contribution in [2.45, 2.75) is 19.9 Å². The number of aryl methyl sites for hydroxylation is 2. The summed E-state index contributed by atoms with van der Waals surface area (Å²) in [5.41, 5.74) is 4.56. The first kappa shape index (κ1) is 20.4. The summed E-state index contributed by atoms with van der Waals surface area (Å²) >= 11 is 2.14. The molecular weight excluding hydrogens is 495 g/mol. The van der Waals surface area contributed by atoms with Crippen LogP contribution in [0, 0.1) is 10.6 Å². The third-order valence-electron chi connectivity index (χ3n) is 5.25. The number of nitrogens with one attached hydrogen (secondary N) is 1. The number of fused-ring (bicyclic) bond motifs is 3. The van der Waals surface area contributed by atoms with E-state index in [0.29, 0.717) is 16.6 Å². The van der Waals surface area contributed by atoms with Crippen molar-refractivity contribution in [2.24, 2.45) is 7.05 Å². The molecule has 2 aromatic heterocycles. The molecule has 0 saturated carbocycles. The van der Waals surface area contributed by atoms with Crippen molar-refractivity contribution in [3.8, 4) is 0 Å². The van der Waals surface area contributed by atoms with E-state index < -0.39 is 5.97 Å². The lowest BCUT2D eigenvalue weighted by Crippen LogP contribution is -2.22. The van der Waals surface area contributed by atoms with Crippen molar-refractivity contribution in [1.29, 1.82) is 0 Å². The van der Waals surface area contributed by atoms with Crippen LogP contribution in [0.4, 0.5) is 5.69 Å². The van der Waals surface area contributed by atoms with E-state index in [4.69, 9.17) is 4.74 Å². The van der Waals surface area contributed by atoms with Crippen molar-refractivity contribution >= 4 is 50.8 Å². The maximum absolute atomic E-state index is 13.1. The lowest BCUT2D eigenvalue weighted by atomic mass is 10.0. The van der Waals surface area contributed by atoms with Gasteiger partial charge in [0, 0.05) is 12.7 Å². The van der Waals surface area contributed by atoms with Crippen LogP contribution in [0.3, 0.4) is 0 Å². The van der Waals surface area contributed by atoms with Crippen LogP contribution >= 0.6 is 22.6 Å². The molecule has 2 heterocycles. The zero-order valence-corrected chi connectivity index (χ0v) is 19.2. The minimum absolute atomic E-state index is 0.0666. The van der Waals surface area contributed by atoms with E-state index in [1.807, 2.05) is 36.4 Å². The Balaban J connectivity index is 1.94. The first-order valence-electron chi connectivity index (χ1n) is 9.43. The molecule has 0 radical (unpaired) electrons. The van der Waals surface area contributed by atoms with Crippen LogP contribution in [0.25, 0.3) is 16.6 Å². The monoisotopic (exact) mass is 516 g/mol. The van der Waals surface area contributed by atoms with E-state index in [2.05, 4.69) is 39.0 Å². The molecular formula is C22H21IN4O3. The minimum atomic E-state index is -0.403. The first-order valence-corrected chi connectivity index (χ1v) is 10.5. The van der Waals surface area contributed by atoms with Crippen LogP contribution in [0.2, 0.25) is 0 Å². The molecule has 1 unspecified atom stereocenters. The molecule has 0 fully saturated rings. The number of nitrogens with zero attached hydrogens (tertiary/aromatic N) is 3. The number of para-hydroxylation sites is 1. The molecule has 154 valence electrons. The Morgan fingerprint density at radius 3 is 2.73 bits per heavy atom. The summed E-state index contributed by atoms with van der Waals surface area (Å²) in [5.74, 6) is -0.403. The largest absolute Gasteiger partial charge is 0.465 e. The van der Waals surface area contributed by atoms with Crippen molar-refractivity contribution in [1.82, 2.24) is 14.0 Å². The van der Waals surface area contributed by atoms with E-state index in [1.165, 1.54) is 7.11 Å². The van der Waals surface area contributed by atoms with Crippen molar-refractivity contribution < 1.29 is 9.53 Å². The molecule has 1 atom stereocenters. The molecule has 2 aromatic carbocycles. The van der Waals surface area contributed by atoms with Crippen LogP contribution in [0.5, 0.6) is 0 Å². The third-order valence-corrected chi connectivity index (χ3v) is 6.01. The van der Waals surface area contributed by atoms with E-state index in [-0.39, 0.29) is 11.6 Å². The summed E-state index contributed by atoms with van der Waals surface area (Å²) in [6, 6.07) is 11.0. The molecule has 4 aromatic rings. The lowest BCUT2D eigenvalue weighted by Gasteiger charge is -2.21. The van der Waals surface area contributed by atoms with E-state index in [1.54, 1.807) is 30.1 Å². The molecule has 30 heavy (non-hydrogen) atoms. The minimum Gasteiger partial charge on any atom is -0.465 e. The number of hydrogen-bond acceptors (Lipinski definition) is 5. The molecule has 7 nitrogen and oxygen atoms in total. The van der Waals surface area contributed by atoms with Crippen LogP contribution in [0.15, 0.2) is 47.5 Å². The predicted molar refractivity (Wildman–Crippen MR) is 125 cm³/mol. The Morgan fingerprint density at radius 1 is 1.27 bits per heavy atom. The van der Waals surface area contributed by atoms with E-state index in [9.17, 15) is 9.59 Å². The summed E-state index contributed by atoms with van der Waals surface area (Å²) in [4.78, 5) is 29.7. The van der Waals surface area contributed by atoms with E-state index in [0.717, 1.165) is 26.0 Å². The van der Waals surface area contributed by atoms with E-state index >= 15 is 0 Å². The van der Waals surface area contributed by atoms with Gasteiger partial charge in [-0.1, -0.05) is 18.2 Å². The van der Waals surface area contributed by atoms with Crippen LogP contribution in [0.1, 0.15) is 34.5 Å². The number of anilines is 1. The van der Waals surface area contributed by atoms with Gasteiger partial charge >= 0.3 is 5.97 Å². The molecule has 0 bridgehead atoms. The Hall–Kier alpha value is -2.88. The molecule has 0 aliphatic carbocycles. The van der Waals surface area contributed by atoms with Gasteiger partial charge in [0.2, 0.25) is 0 Å². The summed E-state index contributed by atoms with van der Waals surface area (Å²) in [6.45, 7) is 3.98. The fourth-order valence-corrected chi connectivity index (χ4v) is 4.58. The SMILES string of the molecule is COC(=O)c1ccccc1NC(C)c1cc(C)cc2c(=O)n(C)c3c(I)ncn3c12. The fraction of sp³-hybridized carbons (Fsp3) is 0.227. The molecule has 0 saturated heterocycles. The summed E-state index contributed by atoms with van der Waals surface area (Å²) in [7, 11) is 3.13. The number of hydrogen-bond donors (Lipinski definition) is 1. The number of ether oxygens (including phenoxy) is 1. The average molecular weight is 516 g/mol. The molecule has 0 amide bonds. The summed E-state index contributed by atoms with van der Waals surface area (Å²) in [6.07, 6.45) is 1.74. The summed E-state index contributed by atoms with van der Waals surface area (Å²) < 4.78 is 9.25. The summed E-state index contributed by atoms with van der Waals surface area (Å²) in [5, 5.41) is 4.05. The number of carbonyl (C=O) groups excluding carboxylic acids is 1. The number of rotatable bonds is 4. The van der Waals surface area contributed by atoms with Crippen molar-refractivity contribution in [3.63, 3.8) is 0 Å². The Labute approximate surface area is 186 Å². The maximum Gasteiger partial charge on any atom is 0.339 e. The van der Waals surface area contributed by atoms with Gasteiger partial charge < -0.3 is 10.1 Å². The predicted octanol–water partition coefficient (Wildman–Crippen LogP) is 4.06. The smallest absolute Gasteiger partial charge is 0.339 e. The number of imidazole rings is 1. The van der Waals surface area contributed by atoms with Gasteiger partial charge in [0.25, 0.3) is 5.56 Å². The Kier molecular flexibility index (Phi) is 5.27. The first-order chi connectivity index (χ1) is 14.3. The lowest BCUT2D eigenvalue weighted by molar-refractivity contribution is 0.0602. The molecule has 0 aliphatic heterocycles. The van der Waals surface area contributed by atoms with Gasteiger partial charge in [-0.05, 0) is 65.8 Å². The van der Waals surface area contributed by atoms with Gasteiger partial charge in [-0.25, -0.2) is 9.78 Å². The highest BCUT2D eigenvalue weighted by molar-refractivity contribution is 14.1. The maximum atomic E-state index is 13.1. The number of halogens is 1. The second-order valence-corrected chi connectivity index (χ2v) is 8.27. The van der Waals surface area contributed by atoms with Gasteiger partial charge in [-0.3, -0.25) is 13.8 Å². The topological polar surface area (TPSA) is 77.6 Å². The number of aromatic nitrogens is 3. The number of methoxy groups -OCH3 is 1. The van der Waals surface area contributed by atoms with Crippen LogP contribution < -0.4 is 10.9 Å². The quantitative estimate of drug-likeness (QED) is 0.327. The zero-order valence-electron chi connectivity index (χ0n) is 17.1.